The Hall–Kier alpha value is -1.20. The van der Waals surface area contributed by atoms with E-state index in [0.717, 1.165) is 32.9 Å². The molecule has 0 atom stereocenters. The van der Waals surface area contributed by atoms with Gasteiger partial charge < -0.3 is 10.6 Å². The predicted molar refractivity (Wildman–Crippen MR) is 81.6 cm³/mol. The highest BCUT2D eigenvalue weighted by atomic mass is 32.2. The van der Waals surface area contributed by atoms with Gasteiger partial charge in [-0.2, -0.15) is 11.8 Å². The van der Waals surface area contributed by atoms with Crippen molar-refractivity contribution >= 4 is 44.8 Å². The minimum absolute atomic E-state index is 0.0869. The summed E-state index contributed by atoms with van der Waals surface area (Å²) in [6.07, 6.45) is 2.04. The molecule has 0 unspecified atom stereocenters. The minimum Gasteiger partial charge on any atom is -0.399 e. The van der Waals surface area contributed by atoms with Crippen LogP contribution < -0.4 is 5.73 Å². The number of hydrogen-bond donors (Lipinski definition) is 1. The lowest BCUT2D eigenvalue weighted by Gasteiger charge is -2.14. The van der Waals surface area contributed by atoms with Crippen LogP contribution in [0.4, 0.5) is 5.69 Å². The Bertz CT molecular complexity index is 565. The number of nitrogen functional groups attached to an aromatic ring is 1. The van der Waals surface area contributed by atoms with Gasteiger partial charge in [0.2, 0.25) is 0 Å². The van der Waals surface area contributed by atoms with E-state index in [9.17, 15) is 4.79 Å². The second-order valence-corrected chi connectivity index (χ2v) is 6.20. The summed E-state index contributed by atoms with van der Waals surface area (Å²) in [6, 6.07) is 7.66. The van der Waals surface area contributed by atoms with Gasteiger partial charge in [-0.3, -0.25) is 4.79 Å². The molecule has 5 heteroatoms. The number of hydrogen-bond acceptors (Lipinski definition) is 4. The van der Waals surface area contributed by atoms with Crippen molar-refractivity contribution in [2.24, 2.45) is 0 Å². The topological polar surface area (TPSA) is 46.3 Å². The summed E-state index contributed by atoms with van der Waals surface area (Å²) in [4.78, 5) is 14.7. The fraction of sp³-hybridized carbons (Fsp3) is 0.308. The molecular formula is C13H16N2OS2. The number of anilines is 1. The lowest BCUT2D eigenvalue weighted by atomic mass is 10.2. The third-order valence-corrected chi connectivity index (χ3v) is 4.42. The van der Waals surface area contributed by atoms with E-state index in [4.69, 9.17) is 5.73 Å². The van der Waals surface area contributed by atoms with Crippen molar-refractivity contribution < 1.29 is 4.79 Å². The maximum absolute atomic E-state index is 12.2. The summed E-state index contributed by atoms with van der Waals surface area (Å²) < 4.78 is 1.10. The Morgan fingerprint density at radius 2 is 2.22 bits per heavy atom. The predicted octanol–water partition coefficient (Wildman–Crippen LogP) is 2.92. The fourth-order valence-electron chi connectivity index (χ4n) is 1.69. The van der Waals surface area contributed by atoms with Crippen LogP contribution in [0.3, 0.4) is 0 Å². The molecule has 1 heterocycles. The number of amides is 1. The standard InChI is InChI=1S/C13H16N2OS2/c1-15(5-6-17-2)13(16)12-8-9-7-10(14)3-4-11(9)18-12/h3-4,7-8H,5-6,14H2,1-2H3. The number of carbonyl (C=O) groups excluding carboxylic acids is 1. The summed E-state index contributed by atoms with van der Waals surface area (Å²) in [5, 5.41) is 1.04. The fourth-order valence-corrected chi connectivity index (χ4v) is 3.18. The Morgan fingerprint density at radius 1 is 1.44 bits per heavy atom. The molecule has 0 saturated heterocycles. The molecule has 2 aromatic rings. The number of nitrogens with zero attached hydrogens (tertiary/aromatic N) is 1. The van der Waals surface area contributed by atoms with Crippen molar-refractivity contribution in [1.82, 2.24) is 4.90 Å². The quantitative estimate of drug-likeness (QED) is 0.876. The van der Waals surface area contributed by atoms with Gasteiger partial charge in [0.05, 0.1) is 4.88 Å². The molecule has 2 N–H and O–H groups in total. The summed E-state index contributed by atoms with van der Waals surface area (Å²) in [5.74, 6) is 1.05. The van der Waals surface area contributed by atoms with Crippen LogP contribution in [-0.2, 0) is 0 Å². The highest BCUT2D eigenvalue weighted by Gasteiger charge is 2.14. The first-order chi connectivity index (χ1) is 8.61. The normalized spacial score (nSPS) is 10.8. The average molecular weight is 280 g/mol. The lowest BCUT2D eigenvalue weighted by molar-refractivity contribution is 0.0808. The van der Waals surface area contributed by atoms with E-state index in [1.54, 1.807) is 16.7 Å². The van der Waals surface area contributed by atoms with Gasteiger partial charge in [-0.15, -0.1) is 11.3 Å². The van der Waals surface area contributed by atoms with Gasteiger partial charge in [0, 0.05) is 29.7 Å². The number of fused-ring (bicyclic) bond motifs is 1. The van der Waals surface area contributed by atoms with Crippen LogP contribution in [0.1, 0.15) is 9.67 Å². The zero-order valence-electron chi connectivity index (χ0n) is 10.5. The van der Waals surface area contributed by atoms with Gasteiger partial charge in [0.15, 0.2) is 0 Å². The van der Waals surface area contributed by atoms with Crippen LogP contribution in [0, 0.1) is 0 Å². The molecule has 0 radical (unpaired) electrons. The van der Waals surface area contributed by atoms with E-state index in [-0.39, 0.29) is 5.91 Å². The van der Waals surface area contributed by atoms with Crippen LogP contribution in [-0.4, -0.2) is 36.4 Å². The van der Waals surface area contributed by atoms with Gasteiger partial charge in [0.1, 0.15) is 0 Å². The molecule has 3 nitrogen and oxygen atoms in total. The molecule has 0 bridgehead atoms. The number of thioether (sulfide) groups is 1. The largest absolute Gasteiger partial charge is 0.399 e. The monoisotopic (exact) mass is 280 g/mol. The molecule has 0 aliphatic heterocycles. The molecule has 2 rings (SSSR count). The molecule has 0 saturated carbocycles. The van der Waals surface area contributed by atoms with Gasteiger partial charge in [-0.1, -0.05) is 0 Å². The molecule has 0 aliphatic rings. The smallest absolute Gasteiger partial charge is 0.263 e. The number of benzene rings is 1. The minimum atomic E-state index is 0.0869. The van der Waals surface area contributed by atoms with Crippen LogP contribution in [0.15, 0.2) is 24.3 Å². The molecule has 0 spiro atoms. The van der Waals surface area contributed by atoms with Gasteiger partial charge in [-0.25, -0.2) is 0 Å². The van der Waals surface area contributed by atoms with Crippen molar-refractivity contribution in [2.75, 3.05) is 31.3 Å². The van der Waals surface area contributed by atoms with Crippen LogP contribution in [0.5, 0.6) is 0 Å². The lowest BCUT2D eigenvalue weighted by Crippen LogP contribution is -2.28. The molecule has 1 aromatic heterocycles. The molecular weight excluding hydrogens is 264 g/mol. The zero-order chi connectivity index (χ0) is 13.1. The summed E-state index contributed by atoms with van der Waals surface area (Å²) >= 11 is 3.26. The van der Waals surface area contributed by atoms with E-state index < -0.39 is 0 Å². The van der Waals surface area contributed by atoms with Crippen LogP contribution in [0.25, 0.3) is 10.1 Å². The summed E-state index contributed by atoms with van der Waals surface area (Å²) in [6.45, 7) is 0.774. The number of rotatable bonds is 4. The molecule has 0 aliphatic carbocycles. The first-order valence-electron chi connectivity index (χ1n) is 5.65. The van der Waals surface area contributed by atoms with Crippen molar-refractivity contribution in [3.8, 4) is 0 Å². The van der Waals surface area contributed by atoms with Crippen molar-refractivity contribution in [3.63, 3.8) is 0 Å². The van der Waals surface area contributed by atoms with E-state index in [2.05, 4.69) is 0 Å². The number of thiophene rings is 1. The first-order valence-corrected chi connectivity index (χ1v) is 7.86. The van der Waals surface area contributed by atoms with Gasteiger partial charge >= 0.3 is 0 Å². The van der Waals surface area contributed by atoms with Crippen LogP contribution >= 0.6 is 23.1 Å². The molecule has 96 valence electrons. The Morgan fingerprint density at radius 3 is 2.94 bits per heavy atom. The average Bonchev–Trinajstić information content (AvgIpc) is 2.77. The maximum atomic E-state index is 12.2. The Balaban J connectivity index is 2.22. The molecule has 18 heavy (non-hydrogen) atoms. The first kappa shape index (κ1) is 13.2. The number of carbonyl (C=O) groups is 1. The molecule has 0 fully saturated rings. The summed E-state index contributed by atoms with van der Waals surface area (Å²) in [5.41, 5.74) is 6.47. The third-order valence-electron chi connectivity index (χ3n) is 2.73. The van der Waals surface area contributed by atoms with Crippen molar-refractivity contribution in [1.29, 1.82) is 0 Å². The second-order valence-electron chi connectivity index (χ2n) is 4.13. The second kappa shape index (κ2) is 5.63. The van der Waals surface area contributed by atoms with E-state index in [0.29, 0.717) is 0 Å². The Kier molecular flexibility index (Phi) is 4.14. The highest BCUT2D eigenvalue weighted by Crippen LogP contribution is 2.28. The molecule has 1 amide bonds. The van der Waals surface area contributed by atoms with Crippen LogP contribution in [0.2, 0.25) is 0 Å². The highest BCUT2D eigenvalue weighted by molar-refractivity contribution is 7.98. The van der Waals surface area contributed by atoms with E-state index >= 15 is 0 Å². The van der Waals surface area contributed by atoms with Crippen molar-refractivity contribution in [2.45, 2.75) is 0 Å². The van der Waals surface area contributed by atoms with Gasteiger partial charge in [-0.05, 0) is 35.9 Å². The SMILES string of the molecule is CSCCN(C)C(=O)c1cc2cc(N)ccc2s1. The van der Waals surface area contributed by atoms with Crippen molar-refractivity contribution in [3.05, 3.63) is 29.1 Å². The van der Waals surface area contributed by atoms with Gasteiger partial charge in [0.25, 0.3) is 5.91 Å². The Labute approximate surface area is 115 Å². The maximum Gasteiger partial charge on any atom is 0.263 e. The van der Waals surface area contributed by atoms with E-state index in [1.807, 2.05) is 37.6 Å². The molecule has 1 aromatic carbocycles. The van der Waals surface area contributed by atoms with E-state index in [1.165, 1.54) is 11.3 Å². The summed E-state index contributed by atoms with van der Waals surface area (Å²) in [7, 11) is 1.84. The zero-order valence-corrected chi connectivity index (χ0v) is 12.1. The number of nitrogens with two attached hydrogens (primary N) is 1. The third kappa shape index (κ3) is 2.79.